The molecule has 0 aliphatic rings. The summed E-state index contributed by atoms with van der Waals surface area (Å²) in [5.74, 6) is 0.751. The van der Waals surface area contributed by atoms with Gasteiger partial charge in [0.2, 0.25) is 5.75 Å². The van der Waals surface area contributed by atoms with Crippen molar-refractivity contribution in [3.8, 4) is 17.2 Å². The number of likely N-dealkylation sites (N-methyl/N-ethyl adjacent to an activating group) is 1. The van der Waals surface area contributed by atoms with Gasteiger partial charge in [-0.2, -0.15) is 0 Å². The van der Waals surface area contributed by atoms with Gasteiger partial charge < -0.3 is 24.3 Å². The lowest BCUT2D eigenvalue weighted by molar-refractivity contribution is -0.148. The zero-order chi connectivity index (χ0) is 16.5. The lowest BCUT2D eigenvalue weighted by Crippen LogP contribution is -2.25. The van der Waals surface area contributed by atoms with Crippen LogP contribution in [-0.4, -0.2) is 46.9 Å². The minimum atomic E-state index is -0.447. The summed E-state index contributed by atoms with van der Waals surface area (Å²) in [4.78, 5) is 22.6. The van der Waals surface area contributed by atoms with Crippen molar-refractivity contribution in [1.29, 1.82) is 0 Å². The van der Waals surface area contributed by atoms with Crippen LogP contribution in [0.25, 0.3) is 0 Å². The molecule has 0 radical (unpaired) electrons. The van der Waals surface area contributed by atoms with E-state index in [-0.39, 0.29) is 18.9 Å². The molecule has 0 aliphatic heterocycles. The fourth-order valence-corrected chi connectivity index (χ4v) is 1.82. The van der Waals surface area contributed by atoms with Crippen LogP contribution < -0.4 is 19.5 Å². The molecule has 1 aromatic rings. The van der Waals surface area contributed by atoms with Crippen LogP contribution in [-0.2, 0) is 20.7 Å². The van der Waals surface area contributed by atoms with E-state index < -0.39 is 5.97 Å². The Labute approximate surface area is 129 Å². The fourth-order valence-electron chi connectivity index (χ4n) is 1.82. The van der Waals surface area contributed by atoms with Gasteiger partial charge in [-0.3, -0.25) is 9.59 Å². The summed E-state index contributed by atoms with van der Waals surface area (Å²) in [6, 6.07) is 3.54. The molecule has 0 bridgehead atoms. The van der Waals surface area contributed by atoms with Crippen molar-refractivity contribution in [3.63, 3.8) is 0 Å². The first-order chi connectivity index (χ1) is 10.5. The number of carbonyl (C=O) groups is 2. The lowest BCUT2D eigenvalue weighted by Gasteiger charge is -2.14. The number of esters is 1. The second-order valence-corrected chi connectivity index (χ2v) is 4.37. The van der Waals surface area contributed by atoms with Gasteiger partial charge in [-0.15, -0.1) is 0 Å². The van der Waals surface area contributed by atoms with Gasteiger partial charge in [0, 0.05) is 13.5 Å². The van der Waals surface area contributed by atoms with Crippen LogP contribution in [0.2, 0.25) is 0 Å². The number of nitrogens with one attached hydrogen (secondary N) is 1. The van der Waals surface area contributed by atoms with Crippen LogP contribution in [0.5, 0.6) is 17.2 Å². The maximum absolute atomic E-state index is 11.6. The van der Waals surface area contributed by atoms with Crippen molar-refractivity contribution in [1.82, 2.24) is 5.32 Å². The van der Waals surface area contributed by atoms with E-state index in [2.05, 4.69) is 5.32 Å². The second kappa shape index (κ2) is 8.76. The van der Waals surface area contributed by atoms with Crippen LogP contribution >= 0.6 is 0 Å². The van der Waals surface area contributed by atoms with Gasteiger partial charge >= 0.3 is 5.97 Å². The smallest absolute Gasteiger partial charge is 0.306 e. The SMILES string of the molecule is CNC(=O)COC(=O)CCc1cc(OC)c(OC)c(OC)c1. The highest BCUT2D eigenvalue weighted by atomic mass is 16.5. The highest BCUT2D eigenvalue weighted by Crippen LogP contribution is 2.38. The van der Waals surface area contributed by atoms with E-state index in [1.165, 1.54) is 28.4 Å². The van der Waals surface area contributed by atoms with E-state index in [9.17, 15) is 9.59 Å². The number of hydrogen-bond donors (Lipinski definition) is 1. The molecule has 7 nitrogen and oxygen atoms in total. The zero-order valence-electron chi connectivity index (χ0n) is 13.2. The summed E-state index contributed by atoms with van der Waals surface area (Å²) < 4.78 is 20.6. The van der Waals surface area contributed by atoms with Gasteiger partial charge in [-0.1, -0.05) is 0 Å². The summed E-state index contributed by atoms with van der Waals surface area (Å²) in [6.07, 6.45) is 0.582. The molecule has 0 aromatic heterocycles. The molecule has 1 amide bonds. The van der Waals surface area contributed by atoms with Crippen molar-refractivity contribution in [2.75, 3.05) is 35.0 Å². The summed E-state index contributed by atoms with van der Waals surface area (Å²) >= 11 is 0. The first-order valence-electron chi connectivity index (χ1n) is 6.70. The molecule has 0 spiro atoms. The number of amides is 1. The summed E-state index contributed by atoms with van der Waals surface area (Å²) in [7, 11) is 6.06. The third-order valence-corrected chi connectivity index (χ3v) is 2.99. The molecule has 0 heterocycles. The van der Waals surface area contributed by atoms with Crippen molar-refractivity contribution >= 4 is 11.9 Å². The van der Waals surface area contributed by atoms with Crippen LogP contribution in [0.1, 0.15) is 12.0 Å². The number of hydrogen-bond acceptors (Lipinski definition) is 6. The van der Waals surface area contributed by atoms with Crippen LogP contribution in [0, 0.1) is 0 Å². The third kappa shape index (κ3) is 4.83. The molecule has 0 aliphatic carbocycles. The van der Waals surface area contributed by atoms with E-state index in [1.807, 2.05) is 0 Å². The standard InChI is InChI=1S/C15H21NO6/c1-16-13(17)9-22-14(18)6-5-10-7-11(19-2)15(21-4)12(8-10)20-3/h7-8H,5-6,9H2,1-4H3,(H,16,17). The summed E-state index contributed by atoms with van der Waals surface area (Å²) in [5.41, 5.74) is 0.839. The molecule has 0 unspecified atom stereocenters. The van der Waals surface area contributed by atoms with Crippen molar-refractivity contribution in [2.45, 2.75) is 12.8 Å². The highest BCUT2D eigenvalue weighted by Gasteiger charge is 2.14. The first kappa shape index (κ1) is 17.6. The fraction of sp³-hybridized carbons (Fsp3) is 0.467. The quantitative estimate of drug-likeness (QED) is 0.719. The van der Waals surface area contributed by atoms with Crippen LogP contribution in [0.15, 0.2) is 12.1 Å². The average Bonchev–Trinajstić information content (AvgIpc) is 2.56. The van der Waals surface area contributed by atoms with Crippen LogP contribution in [0.3, 0.4) is 0 Å². The predicted octanol–water partition coefficient (Wildman–Crippen LogP) is 0.934. The molecule has 7 heteroatoms. The minimum absolute atomic E-state index is 0.148. The zero-order valence-corrected chi connectivity index (χ0v) is 13.2. The van der Waals surface area contributed by atoms with Crippen molar-refractivity contribution in [2.24, 2.45) is 0 Å². The summed E-state index contributed by atoms with van der Waals surface area (Å²) in [6.45, 7) is -0.273. The van der Waals surface area contributed by atoms with E-state index in [0.717, 1.165) is 5.56 Å². The Morgan fingerprint density at radius 1 is 1.05 bits per heavy atom. The van der Waals surface area contributed by atoms with E-state index in [1.54, 1.807) is 12.1 Å². The molecule has 1 rings (SSSR count). The third-order valence-electron chi connectivity index (χ3n) is 2.99. The Morgan fingerprint density at radius 2 is 1.64 bits per heavy atom. The van der Waals surface area contributed by atoms with Crippen LogP contribution in [0.4, 0.5) is 0 Å². The van der Waals surface area contributed by atoms with Gasteiger partial charge in [-0.05, 0) is 24.1 Å². The summed E-state index contributed by atoms with van der Waals surface area (Å²) in [5, 5.41) is 2.37. The molecular formula is C15H21NO6. The molecule has 22 heavy (non-hydrogen) atoms. The molecule has 0 atom stereocenters. The minimum Gasteiger partial charge on any atom is -0.493 e. The van der Waals surface area contributed by atoms with Crippen molar-refractivity contribution in [3.05, 3.63) is 17.7 Å². The molecule has 1 N–H and O–H groups in total. The maximum atomic E-state index is 11.6. The highest BCUT2D eigenvalue weighted by molar-refractivity contribution is 5.80. The molecule has 0 fully saturated rings. The Kier molecular flexibility index (Phi) is 7.01. The van der Waals surface area contributed by atoms with Gasteiger partial charge in [0.15, 0.2) is 18.1 Å². The number of ether oxygens (including phenoxy) is 4. The normalized spacial score (nSPS) is 9.82. The molecule has 122 valence electrons. The number of methoxy groups -OCH3 is 3. The Balaban J connectivity index is 2.69. The number of carbonyl (C=O) groups excluding carboxylic acids is 2. The number of benzene rings is 1. The molecular weight excluding hydrogens is 290 g/mol. The number of aryl methyl sites for hydroxylation is 1. The number of rotatable bonds is 8. The Hall–Kier alpha value is -2.44. The largest absolute Gasteiger partial charge is 0.493 e. The topological polar surface area (TPSA) is 83.1 Å². The van der Waals surface area contributed by atoms with Gasteiger partial charge in [0.25, 0.3) is 5.91 Å². The van der Waals surface area contributed by atoms with Gasteiger partial charge in [-0.25, -0.2) is 0 Å². The Bertz CT molecular complexity index is 504. The predicted molar refractivity (Wildman–Crippen MR) is 79.4 cm³/mol. The van der Waals surface area contributed by atoms with E-state index in [4.69, 9.17) is 18.9 Å². The van der Waals surface area contributed by atoms with Gasteiger partial charge in [0.05, 0.1) is 21.3 Å². The maximum Gasteiger partial charge on any atom is 0.306 e. The van der Waals surface area contributed by atoms with E-state index >= 15 is 0 Å². The second-order valence-electron chi connectivity index (χ2n) is 4.37. The lowest BCUT2D eigenvalue weighted by atomic mass is 10.1. The molecule has 0 saturated heterocycles. The monoisotopic (exact) mass is 311 g/mol. The van der Waals surface area contributed by atoms with E-state index in [0.29, 0.717) is 23.7 Å². The van der Waals surface area contributed by atoms with Crippen molar-refractivity contribution < 1.29 is 28.5 Å². The molecule has 1 aromatic carbocycles. The molecule has 0 saturated carbocycles. The average molecular weight is 311 g/mol. The first-order valence-corrected chi connectivity index (χ1v) is 6.70. The van der Waals surface area contributed by atoms with Gasteiger partial charge in [0.1, 0.15) is 0 Å². The Morgan fingerprint density at radius 3 is 2.09 bits per heavy atom.